The molecule has 0 saturated heterocycles. The number of rotatable bonds is 4. The third-order valence-corrected chi connectivity index (χ3v) is 4.96. The molecule has 0 aromatic carbocycles. The maximum atomic E-state index is 4.12. The fourth-order valence-electron chi connectivity index (χ4n) is 1.18. The lowest BCUT2D eigenvalue weighted by molar-refractivity contribution is 0.583. The first-order chi connectivity index (χ1) is 4.60. The molecule has 0 rings (SSSR count). The highest BCUT2D eigenvalue weighted by Crippen LogP contribution is 2.39. The SMILES string of the molecule is C=C(CC)C([SiH3])(CC)CC. The zero-order valence-electron chi connectivity index (χ0n) is 7.83. The van der Waals surface area contributed by atoms with Gasteiger partial charge in [0.25, 0.3) is 0 Å². The summed E-state index contributed by atoms with van der Waals surface area (Å²) >= 11 is 0. The molecule has 0 aromatic heterocycles. The van der Waals surface area contributed by atoms with Crippen molar-refractivity contribution in [2.75, 3.05) is 0 Å². The summed E-state index contributed by atoms with van der Waals surface area (Å²) in [7, 11) is 1.26. The van der Waals surface area contributed by atoms with E-state index < -0.39 is 0 Å². The van der Waals surface area contributed by atoms with E-state index in [1.165, 1.54) is 28.7 Å². The molecule has 0 spiro atoms. The highest BCUT2D eigenvalue weighted by molar-refractivity contribution is 6.17. The maximum Gasteiger partial charge on any atom is 0.0157 e. The molecule has 0 saturated carbocycles. The largest absolute Gasteiger partial charge is 0.0996 e. The van der Waals surface area contributed by atoms with Crippen LogP contribution in [0.5, 0.6) is 0 Å². The smallest absolute Gasteiger partial charge is 0.0157 e. The molecule has 10 heavy (non-hydrogen) atoms. The lowest BCUT2D eigenvalue weighted by Gasteiger charge is -2.28. The normalized spacial score (nSPS) is 11.9. The molecule has 0 radical (unpaired) electrons. The zero-order chi connectivity index (χ0) is 8.20. The van der Waals surface area contributed by atoms with Crippen LogP contribution in [0.2, 0.25) is 5.04 Å². The van der Waals surface area contributed by atoms with E-state index in [2.05, 4.69) is 27.4 Å². The minimum atomic E-state index is 0.536. The Morgan fingerprint density at radius 2 is 1.70 bits per heavy atom. The Bertz CT molecular complexity index is 112. The van der Waals surface area contributed by atoms with Gasteiger partial charge in [-0.05, 0) is 11.5 Å². The molecule has 0 nitrogen and oxygen atoms in total. The molecule has 0 heterocycles. The van der Waals surface area contributed by atoms with Gasteiger partial charge in [0.15, 0.2) is 0 Å². The van der Waals surface area contributed by atoms with Crippen LogP contribution in [0.3, 0.4) is 0 Å². The fourth-order valence-corrected chi connectivity index (χ4v) is 1.53. The summed E-state index contributed by atoms with van der Waals surface area (Å²) in [6.07, 6.45) is 3.72. The summed E-state index contributed by atoms with van der Waals surface area (Å²) in [5.41, 5.74) is 1.46. The highest BCUT2D eigenvalue weighted by Gasteiger charge is 2.21. The molecule has 0 unspecified atom stereocenters. The summed E-state index contributed by atoms with van der Waals surface area (Å²) in [5, 5.41) is 0.536. The van der Waals surface area contributed by atoms with E-state index >= 15 is 0 Å². The zero-order valence-corrected chi connectivity index (χ0v) is 9.83. The van der Waals surface area contributed by atoms with Gasteiger partial charge in [-0.1, -0.05) is 45.8 Å². The van der Waals surface area contributed by atoms with Gasteiger partial charge in [0.2, 0.25) is 0 Å². The Labute approximate surface area is 68.1 Å². The average Bonchev–Trinajstić information content (AvgIpc) is 2.01. The van der Waals surface area contributed by atoms with E-state index in [1.54, 1.807) is 0 Å². The number of hydrogen-bond donors (Lipinski definition) is 0. The molecule has 0 aromatic rings. The Hall–Kier alpha value is -0.0431. The summed E-state index contributed by atoms with van der Waals surface area (Å²) in [4.78, 5) is 0. The van der Waals surface area contributed by atoms with Crippen LogP contribution in [0.4, 0.5) is 0 Å². The van der Waals surface area contributed by atoms with Crippen LogP contribution in [0.1, 0.15) is 40.0 Å². The van der Waals surface area contributed by atoms with Crippen molar-refractivity contribution in [2.24, 2.45) is 0 Å². The Morgan fingerprint density at radius 1 is 1.30 bits per heavy atom. The van der Waals surface area contributed by atoms with Crippen molar-refractivity contribution >= 4 is 10.2 Å². The number of allylic oxidation sites excluding steroid dienone is 1. The van der Waals surface area contributed by atoms with Crippen molar-refractivity contribution in [2.45, 2.75) is 45.1 Å². The number of hydrogen-bond acceptors (Lipinski definition) is 0. The van der Waals surface area contributed by atoms with E-state index in [4.69, 9.17) is 0 Å². The van der Waals surface area contributed by atoms with Crippen molar-refractivity contribution in [1.82, 2.24) is 0 Å². The van der Waals surface area contributed by atoms with Crippen LogP contribution in [0, 0.1) is 0 Å². The van der Waals surface area contributed by atoms with Crippen molar-refractivity contribution in [3.63, 3.8) is 0 Å². The summed E-state index contributed by atoms with van der Waals surface area (Å²) in [5.74, 6) is 0. The molecular weight excluding hydrogens is 136 g/mol. The second-order valence-electron chi connectivity index (χ2n) is 3.22. The van der Waals surface area contributed by atoms with Crippen LogP contribution in [0.25, 0.3) is 0 Å². The van der Waals surface area contributed by atoms with Crippen LogP contribution >= 0.6 is 0 Å². The van der Waals surface area contributed by atoms with Gasteiger partial charge in [-0.2, -0.15) is 0 Å². The summed E-state index contributed by atoms with van der Waals surface area (Å²) < 4.78 is 0. The van der Waals surface area contributed by atoms with Gasteiger partial charge in [0, 0.05) is 10.2 Å². The Morgan fingerprint density at radius 3 is 1.80 bits per heavy atom. The van der Waals surface area contributed by atoms with E-state index in [-0.39, 0.29) is 0 Å². The van der Waals surface area contributed by atoms with Crippen molar-refractivity contribution in [1.29, 1.82) is 0 Å². The molecule has 0 fully saturated rings. The minimum absolute atomic E-state index is 0.536. The predicted molar refractivity (Wildman–Crippen MR) is 52.6 cm³/mol. The van der Waals surface area contributed by atoms with Gasteiger partial charge >= 0.3 is 0 Å². The molecule has 0 aliphatic carbocycles. The van der Waals surface area contributed by atoms with E-state index in [0.29, 0.717) is 5.04 Å². The lowest BCUT2D eigenvalue weighted by atomic mass is 9.92. The van der Waals surface area contributed by atoms with E-state index in [1.807, 2.05) is 0 Å². The van der Waals surface area contributed by atoms with Crippen molar-refractivity contribution < 1.29 is 0 Å². The van der Waals surface area contributed by atoms with E-state index in [9.17, 15) is 0 Å². The first-order valence-electron chi connectivity index (χ1n) is 4.29. The van der Waals surface area contributed by atoms with Gasteiger partial charge in [-0.15, -0.1) is 0 Å². The second-order valence-corrected chi connectivity index (χ2v) is 5.14. The van der Waals surface area contributed by atoms with Crippen LogP contribution < -0.4 is 0 Å². The molecule has 60 valence electrons. The Balaban J connectivity index is 4.17. The molecule has 0 aliphatic heterocycles. The van der Waals surface area contributed by atoms with Gasteiger partial charge in [-0.25, -0.2) is 0 Å². The van der Waals surface area contributed by atoms with Crippen molar-refractivity contribution in [3.8, 4) is 0 Å². The third-order valence-electron chi connectivity index (χ3n) is 2.84. The standard InChI is InChI=1S/C9H20Si/c1-5-8(4)9(10,6-2)7-3/h4-7H2,1-3,10H3. The molecule has 0 amide bonds. The summed E-state index contributed by atoms with van der Waals surface area (Å²) in [6.45, 7) is 10.9. The maximum absolute atomic E-state index is 4.12. The molecule has 0 N–H and O–H groups in total. The lowest BCUT2D eigenvalue weighted by Crippen LogP contribution is -2.12. The van der Waals surface area contributed by atoms with Gasteiger partial charge in [0.05, 0.1) is 0 Å². The summed E-state index contributed by atoms with van der Waals surface area (Å²) in [6, 6.07) is 0. The molecule has 0 bridgehead atoms. The van der Waals surface area contributed by atoms with Crippen molar-refractivity contribution in [3.05, 3.63) is 12.2 Å². The Kier molecular flexibility index (Phi) is 3.95. The monoisotopic (exact) mass is 156 g/mol. The van der Waals surface area contributed by atoms with Gasteiger partial charge in [0.1, 0.15) is 0 Å². The van der Waals surface area contributed by atoms with E-state index in [0.717, 1.165) is 6.42 Å². The second kappa shape index (κ2) is 3.97. The average molecular weight is 156 g/mol. The molecule has 0 aliphatic rings. The van der Waals surface area contributed by atoms with Gasteiger partial charge < -0.3 is 0 Å². The molecule has 0 atom stereocenters. The first-order valence-corrected chi connectivity index (χ1v) is 5.29. The van der Waals surface area contributed by atoms with Gasteiger partial charge in [-0.3, -0.25) is 0 Å². The minimum Gasteiger partial charge on any atom is -0.0996 e. The quantitative estimate of drug-likeness (QED) is 0.433. The fraction of sp³-hybridized carbons (Fsp3) is 0.778. The molecular formula is C9H20Si. The highest BCUT2D eigenvalue weighted by atomic mass is 28.1. The van der Waals surface area contributed by atoms with Crippen LogP contribution in [0.15, 0.2) is 12.2 Å². The topological polar surface area (TPSA) is 0 Å². The first kappa shape index (κ1) is 9.96. The third kappa shape index (κ3) is 1.98. The predicted octanol–water partition coefficient (Wildman–Crippen LogP) is 2.30. The van der Waals surface area contributed by atoms with Crippen LogP contribution in [-0.2, 0) is 0 Å². The van der Waals surface area contributed by atoms with Crippen LogP contribution in [-0.4, -0.2) is 10.2 Å². The molecule has 1 heteroatoms.